The van der Waals surface area contributed by atoms with Crippen LogP contribution >= 0.6 is 27.5 Å². The molecular weight excluding hydrogens is 341 g/mol. The summed E-state index contributed by atoms with van der Waals surface area (Å²) in [5.74, 6) is -0.306. The fourth-order valence-electron chi connectivity index (χ4n) is 2.30. The van der Waals surface area contributed by atoms with Crippen molar-refractivity contribution in [1.82, 2.24) is 5.32 Å². The van der Waals surface area contributed by atoms with Crippen LogP contribution in [-0.2, 0) is 6.42 Å². The van der Waals surface area contributed by atoms with Gasteiger partial charge in [-0.2, -0.15) is 0 Å². The Labute approximate surface area is 132 Å². The van der Waals surface area contributed by atoms with Gasteiger partial charge in [-0.25, -0.2) is 4.39 Å². The molecule has 0 heterocycles. The van der Waals surface area contributed by atoms with Gasteiger partial charge in [0.1, 0.15) is 5.82 Å². The van der Waals surface area contributed by atoms with Crippen LogP contribution in [0.3, 0.4) is 0 Å². The van der Waals surface area contributed by atoms with Crippen LogP contribution in [0.5, 0.6) is 0 Å². The zero-order valence-electron chi connectivity index (χ0n) is 11.4. The Balaban J connectivity index is 2.28. The molecule has 1 atom stereocenters. The van der Waals surface area contributed by atoms with Crippen LogP contribution in [0, 0.1) is 12.7 Å². The van der Waals surface area contributed by atoms with Crippen LogP contribution < -0.4 is 5.32 Å². The third-order valence-corrected chi connectivity index (χ3v) is 4.24. The molecule has 2 aromatic carbocycles. The molecule has 0 fully saturated rings. The molecule has 0 amide bonds. The van der Waals surface area contributed by atoms with Gasteiger partial charge in [-0.1, -0.05) is 39.7 Å². The molecule has 0 aliphatic rings. The predicted molar refractivity (Wildman–Crippen MR) is 85.8 cm³/mol. The third kappa shape index (κ3) is 3.60. The molecule has 0 radical (unpaired) electrons. The predicted octanol–water partition coefficient (Wildman–Crippen LogP) is 5.05. The molecule has 106 valence electrons. The van der Waals surface area contributed by atoms with E-state index in [0.717, 1.165) is 16.5 Å². The van der Waals surface area contributed by atoms with Crippen molar-refractivity contribution in [2.24, 2.45) is 0 Å². The van der Waals surface area contributed by atoms with Crippen molar-refractivity contribution in [2.75, 3.05) is 7.05 Å². The second-order valence-electron chi connectivity index (χ2n) is 4.78. The Hall–Kier alpha value is -0.900. The van der Waals surface area contributed by atoms with E-state index in [1.165, 1.54) is 23.3 Å². The monoisotopic (exact) mass is 355 g/mol. The minimum atomic E-state index is -0.306. The fourth-order valence-corrected chi connectivity index (χ4v) is 3.02. The maximum Gasteiger partial charge on any atom is 0.124 e. The lowest BCUT2D eigenvalue weighted by Crippen LogP contribution is -2.20. The summed E-state index contributed by atoms with van der Waals surface area (Å²) in [6.45, 7) is 2.08. The van der Waals surface area contributed by atoms with Gasteiger partial charge in [0.2, 0.25) is 0 Å². The molecule has 0 saturated carbocycles. The van der Waals surface area contributed by atoms with Gasteiger partial charge < -0.3 is 5.32 Å². The summed E-state index contributed by atoms with van der Waals surface area (Å²) in [6, 6.07) is 10.9. The summed E-state index contributed by atoms with van der Waals surface area (Å²) in [5.41, 5.74) is 3.36. The van der Waals surface area contributed by atoms with Crippen molar-refractivity contribution in [3.05, 3.63) is 68.4 Å². The van der Waals surface area contributed by atoms with Crippen LogP contribution in [-0.4, -0.2) is 7.05 Å². The lowest BCUT2D eigenvalue weighted by Gasteiger charge is -2.20. The Bertz CT molecular complexity index is 615. The first-order valence-corrected chi connectivity index (χ1v) is 7.55. The minimum absolute atomic E-state index is 0.145. The molecular formula is C16H16BrClFN. The third-order valence-electron chi connectivity index (χ3n) is 3.39. The highest BCUT2D eigenvalue weighted by Gasteiger charge is 2.14. The Kier molecular flexibility index (Phi) is 5.19. The van der Waals surface area contributed by atoms with Crippen molar-refractivity contribution in [2.45, 2.75) is 19.4 Å². The lowest BCUT2D eigenvalue weighted by atomic mass is 9.95. The molecule has 1 N–H and O–H groups in total. The van der Waals surface area contributed by atoms with E-state index in [-0.39, 0.29) is 11.9 Å². The van der Waals surface area contributed by atoms with Crippen LogP contribution in [0.4, 0.5) is 4.39 Å². The van der Waals surface area contributed by atoms with Gasteiger partial charge in [0, 0.05) is 15.5 Å². The van der Waals surface area contributed by atoms with Crippen LogP contribution in [0.1, 0.15) is 22.7 Å². The maximum atomic E-state index is 13.1. The van der Waals surface area contributed by atoms with Gasteiger partial charge >= 0.3 is 0 Å². The van der Waals surface area contributed by atoms with E-state index in [2.05, 4.69) is 40.3 Å². The van der Waals surface area contributed by atoms with Gasteiger partial charge in [-0.05, 0) is 61.3 Å². The summed E-state index contributed by atoms with van der Waals surface area (Å²) in [7, 11) is 1.92. The Morgan fingerprint density at radius 1 is 1.25 bits per heavy atom. The molecule has 0 aromatic heterocycles. The van der Waals surface area contributed by atoms with Crippen LogP contribution in [0.25, 0.3) is 0 Å². The van der Waals surface area contributed by atoms with E-state index in [1.54, 1.807) is 6.07 Å². The summed E-state index contributed by atoms with van der Waals surface area (Å²) in [5, 5.41) is 3.77. The number of halogens is 3. The van der Waals surface area contributed by atoms with Crippen molar-refractivity contribution < 1.29 is 4.39 Å². The van der Waals surface area contributed by atoms with E-state index < -0.39 is 0 Å². The first-order chi connectivity index (χ1) is 9.51. The summed E-state index contributed by atoms with van der Waals surface area (Å²) < 4.78 is 14.2. The molecule has 4 heteroatoms. The number of aryl methyl sites for hydroxylation is 1. The average Bonchev–Trinajstić information content (AvgIpc) is 2.39. The number of hydrogen-bond acceptors (Lipinski definition) is 1. The number of nitrogens with one attached hydrogen (secondary N) is 1. The first kappa shape index (κ1) is 15.5. The lowest BCUT2D eigenvalue weighted by molar-refractivity contribution is 0.586. The van der Waals surface area contributed by atoms with E-state index >= 15 is 0 Å². The normalized spacial score (nSPS) is 12.4. The summed E-state index contributed by atoms with van der Waals surface area (Å²) in [4.78, 5) is 0. The highest BCUT2D eigenvalue weighted by Crippen LogP contribution is 2.27. The van der Waals surface area contributed by atoms with Gasteiger partial charge in [-0.3, -0.25) is 0 Å². The minimum Gasteiger partial charge on any atom is -0.313 e. The quantitative estimate of drug-likeness (QED) is 0.808. The van der Waals surface area contributed by atoms with Crippen LogP contribution in [0.2, 0.25) is 5.02 Å². The molecule has 1 unspecified atom stereocenters. The zero-order valence-corrected chi connectivity index (χ0v) is 13.7. The average molecular weight is 357 g/mol. The molecule has 0 aliphatic heterocycles. The van der Waals surface area contributed by atoms with Crippen molar-refractivity contribution in [1.29, 1.82) is 0 Å². The number of likely N-dealkylation sites (N-methyl/N-ethyl adjacent to an activating group) is 1. The summed E-state index contributed by atoms with van der Waals surface area (Å²) >= 11 is 9.58. The highest BCUT2D eigenvalue weighted by molar-refractivity contribution is 9.10. The molecule has 0 saturated heterocycles. The number of benzene rings is 2. The second-order valence-corrected chi connectivity index (χ2v) is 6.10. The molecule has 0 aliphatic carbocycles. The van der Waals surface area contributed by atoms with Crippen molar-refractivity contribution >= 4 is 27.5 Å². The molecule has 0 spiro atoms. The van der Waals surface area contributed by atoms with E-state index in [9.17, 15) is 4.39 Å². The topological polar surface area (TPSA) is 12.0 Å². The largest absolute Gasteiger partial charge is 0.313 e. The zero-order chi connectivity index (χ0) is 14.7. The second kappa shape index (κ2) is 6.70. The smallest absolute Gasteiger partial charge is 0.124 e. The van der Waals surface area contributed by atoms with Crippen molar-refractivity contribution in [3.63, 3.8) is 0 Å². The molecule has 0 bridgehead atoms. The fraction of sp³-hybridized carbons (Fsp3) is 0.250. The molecule has 2 aromatic rings. The van der Waals surface area contributed by atoms with Crippen LogP contribution in [0.15, 0.2) is 40.9 Å². The highest BCUT2D eigenvalue weighted by atomic mass is 79.9. The van der Waals surface area contributed by atoms with Crippen molar-refractivity contribution in [3.8, 4) is 0 Å². The number of rotatable bonds is 4. The Morgan fingerprint density at radius 2 is 2.00 bits per heavy atom. The molecule has 1 nitrogen and oxygen atoms in total. The first-order valence-electron chi connectivity index (χ1n) is 6.38. The molecule has 2 rings (SSSR count). The van der Waals surface area contributed by atoms with Gasteiger partial charge in [0.25, 0.3) is 0 Å². The van der Waals surface area contributed by atoms with Gasteiger partial charge in [0.15, 0.2) is 0 Å². The van der Waals surface area contributed by atoms with E-state index in [0.29, 0.717) is 5.02 Å². The standard InChI is InChI=1S/C16H16BrClFN/c1-10-7-12(17)4-6-14(10)16(20-2)8-11-3-5-13(19)9-15(11)18/h3-7,9,16,20H,8H2,1-2H3. The SMILES string of the molecule is CNC(Cc1ccc(F)cc1Cl)c1ccc(Br)cc1C. The molecule has 20 heavy (non-hydrogen) atoms. The number of hydrogen-bond donors (Lipinski definition) is 1. The summed E-state index contributed by atoms with van der Waals surface area (Å²) in [6.07, 6.45) is 0.720. The maximum absolute atomic E-state index is 13.1. The van der Waals surface area contributed by atoms with E-state index in [1.807, 2.05) is 13.1 Å². The van der Waals surface area contributed by atoms with Gasteiger partial charge in [-0.15, -0.1) is 0 Å². The van der Waals surface area contributed by atoms with Gasteiger partial charge in [0.05, 0.1) is 0 Å². The Morgan fingerprint density at radius 3 is 2.60 bits per heavy atom. The van der Waals surface area contributed by atoms with E-state index in [4.69, 9.17) is 11.6 Å².